The van der Waals surface area contributed by atoms with E-state index in [1.807, 2.05) is 13.0 Å². The van der Waals surface area contributed by atoms with Crippen molar-refractivity contribution in [3.63, 3.8) is 0 Å². The van der Waals surface area contributed by atoms with Crippen molar-refractivity contribution < 1.29 is 14.0 Å². The first-order valence-corrected chi connectivity index (χ1v) is 8.30. The smallest absolute Gasteiger partial charge is 0.490 e. The number of aromatic nitrogens is 2. The fraction of sp³-hybridized carbons (Fsp3) is 0.556. The first-order valence-electron chi connectivity index (χ1n) is 8.30. The number of methoxy groups -OCH3 is 1. The van der Waals surface area contributed by atoms with Crippen LogP contribution >= 0.6 is 0 Å². The molecule has 1 aliphatic heterocycles. The van der Waals surface area contributed by atoms with E-state index in [0.29, 0.717) is 11.6 Å². The van der Waals surface area contributed by atoms with E-state index < -0.39 is 0 Å². The summed E-state index contributed by atoms with van der Waals surface area (Å²) in [4.78, 5) is 8.75. The van der Waals surface area contributed by atoms with Gasteiger partial charge < -0.3 is 14.0 Å². The Morgan fingerprint density at radius 2 is 1.71 bits per heavy atom. The summed E-state index contributed by atoms with van der Waals surface area (Å²) in [6.07, 6.45) is 8.36. The summed E-state index contributed by atoms with van der Waals surface area (Å²) in [7, 11) is 1.23. The van der Waals surface area contributed by atoms with Crippen molar-refractivity contribution in [1.29, 1.82) is 0 Å². The highest BCUT2D eigenvalue weighted by molar-refractivity contribution is 6.54. The molecule has 1 aliphatic rings. The Balaban J connectivity index is 2.26. The Bertz CT molecular complexity index is 620. The second-order valence-electron chi connectivity index (χ2n) is 6.99. The zero-order valence-corrected chi connectivity index (χ0v) is 15.7. The molecule has 0 unspecified atom stereocenters. The lowest BCUT2D eigenvalue weighted by Crippen LogP contribution is -2.41. The van der Waals surface area contributed by atoms with Crippen LogP contribution in [0.5, 0.6) is 5.75 Å². The van der Waals surface area contributed by atoms with E-state index >= 15 is 0 Å². The first kappa shape index (κ1) is 18.7. The Hall–Kier alpha value is -1.66. The number of hydrogen-bond donors (Lipinski definition) is 0. The number of ether oxygens (including phenoxy) is 1. The third-order valence-electron chi connectivity index (χ3n) is 4.55. The molecule has 0 spiro atoms. The molecule has 1 saturated heterocycles. The maximum Gasteiger partial charge on any atom is 0.490 e. The number of allylic oxidation sites excluding steroid dienone is 4. The second kappa shape index (κ2) is 7.07. The molecular formula is C18H27BN2O3. The number of rotatable bonds is 5. The van der Waals surface area contributed by atoms with Gasteiger partial charge in [0.1, 0.15) is 0 Å². The molecular weight excluding hydrogens is 303 g/mol. The molecule has 0 atom stereocenters. The minimum atomic E-state index is -0.367. The zero-order chi connectivity index (χ0) is 18.0. The average molecular weight is 330 g/mol. The molecule has 0 bridgehead atoms. The van der Waals surface area contributed by atoms with Crippen LogP contribution in [0.15, 0.2) is 30.0 Å². The van der Waals surface area contributed by atoms with Gasteiger partial charge in [0.05, 0.1) is 30.7 Å². The van der Waals surface area contributed by atoms with E-state index in [-0.39, 0.29) is 18.3 Å². The van der Waals surface area contributed by atoms with Crippen LogP contribution in [0.2, 0.25) is 0 Å². The van der Waals surface area contributed by atoms with Crippen molar-refractivity contribution in [2.45, 2.75) is 59.2 Å². The maximum atomic E-state index is 6.10. The lowest BCUT2D eigenvalue weighted by atomic mass is 9.78. The molecule has 2 heterocycles. The predicted molar refractivity (Wildman–Crippen MR) is 96.7 cm³/mol. The molecule has 0 N–H and O–H groups in total. The molecule has 0 saturated carbocycles. The molecule has 1 aromatic heterocycles. The Morgan fingerprint density at radius 1 is 1.17 bits per heavy atom. The van der Waals surface area contributed by atoms with Crippen molar-refractivity contribution in [3.8, 4) is 5.75 Å². The van der Waals surface area contributed by atoms with E-state index in [0.717, 1.165) is 17.5 Å². The van der Waals surface area contributed by atoms with Crippen LogP contribution in [-0.2, 0) is 9.31 Å². The summed E-state index contributed by atoms with van der Waals surface area (Å²) >= 11 is 0. The lowest BCUT2D eigenvalue weighted by Gasteiger charge is -2.32. The van der Waals surface area contributed by atoms with Crippen LogP contribution < -0.4 is 4.74 Å². The second-order valence-corrected chi connectivity index (χ2v) is 6.99. The van der Waals surface area contributed by atoms with Gasteiger partial charge in [0.15, 0.2) is 11.6 Å². The predicted octanol–water partition coefficient (Wildman–Crippen LogP) is 3.86. The first-order chi connectivity index (χ1) is 11.2. The molecule has 1 fully saturated rings. The molecule has 24 heavy (non-hydrogen) atoms. The van der Waals surface area contributed by atoms with Crippen molar-refractivity contribution in [1.82, 2.24) is 9.97 Å². The highest BCUT2D eigenvalue weighted by atomic mass is 16.7. The van der Waals surface area contributed by atoms with Gasteiger partial charge in [0.25, 0.3) is 0 Å². The zero-order valence-electron chi connectivity index (χ0n) is 15.7. The summed E-state index contributed by atoms with van der Waals surface area (Å²) in [5.41, 5.74) is 1.25. The molecule has 1 aromatic rings. The van der Waals surface area contributed by atoms with Crippen LogP contribution in [0, 0.1) is 0 Å². The number of hydrogen-bond acceptors (Lipinski definition) is 5. The molecule has 5 nitrogen and oxygen atoms in total. The van der Waals surface area contributed by atoms with E-state index in [1.165, 1.54) is 0 Å². The topological polar surface area (TPSA) is 53.5 Å². The summed E-state index contributed by atoms with van der Waals surface area (Å²) < 4.78 is 17.3. The van der Waals surface area contributed by atoms with Gasteiger partial charge in [-0.25, -0.2) is 9.97 Å². The molecule has 0 aromatic carbocycles. The molecule has 0 amide bonds. The van der Waals surface area contributed by atoms with E-state index in [1.54, 1.807) is 19.5 Å². The highest BCUT2D eigenvalue weighted by Gasteiger charge is 2.51. The normalized spacial score (nSPS) is 20.4. The van der Waals surface area contributed by atoms with E-state index in [4.69, 9.17) is 14.0 Å². The molecule has 130 valence electrons. The van der Waals surface area contributed by atoms with Gasteiger partial charge in [-0.05, 0) is 46.5 Å². The van der Waals surface area contributed by atoms with Crippen LogP contribution in [0.1, 0.15) is 53.8 Å². The van der Waals surface area contributed by atoms with Gasteiger partial charge in [-0.2, -0.15) is 0 Å². The van der Waals surface area contributed by atoms with Crippen molar-refractivity contribution >= 4 is 12.7 Å². The van der Waals surface area contributed by atoms with Crippen LogP contribution in [0.4, 0.5) is 0 Å². The monoisotopic (exact) mass is 330 g/mol. The van der Waals surface area contributed by atoms with Crippen LogP contribution in [0.3, 0.4) is 0 Å². The van der Waals surface area contributed by atoms with Gasteiger partial charge >= 0.3 is 7.12 Å². The minimum absolute atomic E-state index is 0.349. The van der Waals surface area contributed by atoms with Crippen molar-refractivity contribution in [2.75, 3.05) is 7.11 Å². The maximum absolute atomic E-state index is 6.10. The number of nitrogens with zero attached hydrogens (tertiary/aromatic N) is 2. The largest absolute Gasteiger partial charge is 0.494 e. The molecule has 0 radical (unpaired) electrons. The minimum Gasteiger partial charge on any atom is -0.494 e. The Labute approximate surface area is 145 Å². The molecule has 2 rings (SSSR count). The third-order valence-corrected chi connectivity index (χ3v) is 4.55. The summed E-state index contributed by atoms with van der Waals surface area (Å²) in [6.45, 7) is 12.3. The Morgan fingerprint density at radius 3 is 2.17 bits per heavy atom. The third kappa shape index (κ3) is 3.87. The summed E-state index contributed by atoms with van der Waals surface area (Å²) in [5, 5.41) is 0. The fourth-order valence-electron chi connectivity index (χ4n) is 2.35. The summed E-state index contributed by atoms with van der Waals surface area (Å²) in [5.74, 6) is 1.30. The summed E-state index contributed by atoms with van der Waals surface area (Å²) in [6, 6.07) is 0. The van der Waals surface area contributed by atoms with E-state index in [2.05, 4.69) is 50.7 Å². The molecule has 0 aliphatic carbocycles. The van der Waals surface area contributed by atoms with Gasteiger partial charge in [-0.1, -0.05) is 19.1 Å². The van der Waals surface area contributed by atoms with Gasteiger partial charge in [0, 0.05) is 5.57 Å². The van der Waals surface area contributed by atoms with Gasteiger partial charge in [-0.15, -0.1) is 0 Å². The quantitative estimate of drug-likeness (QED) is 0.606. The lowest BCUT2D eigenvalue weighted by molar-refractivity contribution is 0.00578. The van der Waals surface area contributed by atoms with Gasteiger partial charge in [0.2, 0.25) is 0 Å². The fourth-order valence-corrected chi connectivity index (χ4v) is 2.35. The van der Waals surface area contributed by atoms with Crippen LogP contribution in [0.25, 0.3) is 5.57 Å². The average Bonchev–Trinajstić information content (AvgIpc) is 2.75. The van der Waals surface area contributed by atoms with Gasteiger partial charge in [-0.3, -0.25) is 0 Å². The Kier molecular flexibility index (Phi) is 5.50. The van der Waals surface area contributed by atoms with Crippen molar-refractivity contribution in [2.24, 2.45) is 0 Å². The SMILES string of the molecule is CC/C=C(\C=C(/C)B1OC(C)(C)C(C)(C)O1)c1ncc(OC)cn1. The standard InChI is InChI=1S/C18H27BN2O3/c1-8-9-14(16-20-11-15(22-7)12-21-16)10-13(2)19-23-17(3,4)18(5,6)24-19/h9-12H,8H2,1-7H3/b13-10+,14-9+. The molecule has 6 heteroatoms. The van der Waals surface area contributed by atoms with Crippen LogP contribution in [-0.4, -0.2) is 35.4 Å². The van der Waals surface area contributed by atoms with E-state index in [9.17, 15) is 0 Å². The van der Waals surface area contributed by atoms with Crippen molar-refractivity contribution in [3.05, 3.63) is 35.8 Å². The highest BCUT2D eigenvalue weighted by Crippen LogP contribution is 2.38.